The number of fused-ring (bicyclic) bond motifs is 1. The number of hydrogen-bond acceptors (Lipinski definition) is 3. The summed E-state index contributed by atoms with van der Waals surface area (Å²) in [5.74, 6) is 0.285. The van der Waals surface area contributed by atoms with Crippen LogP contribution in [0.1, 0.15) is 31.2 Å². The van der Waals surface area contributed by atoms with Crippen molar-refractivity contribution in [2.75, 3.05) is 0 Å². The van der Waals surface area contributed by atoms with E-state index < -0.39 is 0 Å². The van der Waals surface area contributed by atoms with Crippen molar-refractivity contribution < 1.29 is 4.39 Å². The van der Waals surface area contributed by atoms with Gasteiger partial charge in [-0.05, 0) is 25.0 Å². The number of aliphatic imine (C=N–C) groups is 1. The molecule has 0 unspecified atom stereocenters. The Morgan fingerprint density at radius 3 is 3.00 bits per heavy atom. The van der Waals surface area contributed by atoms with Gasteiger partial charge < -0.3 is 5.32 Å². The van der Waals surface area contributed by atoms with Gasteiger partial charge in [0, 0.05) is 16.3 Å². The smallest absolute Gasteiger partial charge is 0.157 e. The standard InChI is InChI=1S/C14H16ClFN2S/c15-10-4-3-5-11(16)9(10)8-19-14-17-12-6-1-2-7-13(12)18-14/h3-5,12-13H,1-2,6-8H2,(H,17,18)/t12-,13-/m1/s1. The first-order chi connectivity index (χ1) is 9.24. The van der Waals surface area contributed by atoms with Gasteiger partial charge in [-0.15, -0.1) is 0 Å². The van der Waals surface area contributed by atoms with Crippen molar-refractivity contribution in [2.45, 2.75) is 43.5 Å². The Kier molecular flexibility index (Phi) is 3.99. The van der Waals surface area contributed by atoms with Crippen molar-refractivity contribution >= 4 is 28.5 Å². The fourth-order valence-corrected chi connectivity index (χ4v) is 4.00. The predicted octanol–water partition coefficient (Wildman–Crippen LogP) is 3.98. The van der Waals surface area contributed by atoms with Gasteiger partial charge in [0.1, 0.15) is 5.82 Å². The van der Waals surface area contributed by atoms with Crippen LogP contribution < -0.4 is 5.32 Å². The van der Waals surface area contributed by atoms with E-state index in [0.29, 0.717) is 28.4 Å². The van der Waals surface area contributed by atoms with Crippen LogP contribution in [0, 0.1) is 5.82 Å². The molecule has 0 aromatic heterocycles. The molecule has 3 rings (SSSR count). The molecule has 1 heterocycles. The third kappa shape index (κ3) is 2.90. The topological polar surface area (TPSA) is 24.4 Å². The molecule has 1 fully saturated rings. The number of halogens is 2. The Hall–Kier alpha value is -0.740. The van der Waals surface area contributed by atoms with Gasteiger partial charge in [0.25, 0.3) is 0 Å². The fourth-order valence-electron chi connectivity index (χ4n) is 2.67. The zero-order valence-electron chi connectivity index (χ0n) is 10.5. The van der Waals surface area contributed by atoms with Crippen molar-refractivity contribution in [1.29, 1.82) is 0 Å². The molecule has 1 N–H and O–H groups in total. The quantitative estimate of drug-likeness (QED) is 0.893. The number of nitrogens with one attached hydrogen (secondary N) is 1. The minimum Gasteiger partial charge on any atom is -0.360 e. The summed E-state index contributed by atoms with van der Waals surface area (Å²) < 4.78 is 13.7. The highest BCUT2D eigenvalue weighted by Gasteiger charge is 2.30. The van der Waals surface area contributed by atoms with Crippen LogP contribution in [-0.4, -0.2) is 17.3 Å². The first-order valence-corrected chi connectivity index (χ1v) is 8.00. The van der Waals surface area contributed by atoms with E-state index in [0.717, 1.165) is 5.17 Å². The predicted molar refractivity (Wildman–Crippen MR) is 79.3 cm³/mol. The number of rotatable bonds is 2. The van der Waals surface area contributed by atoms with Crippen molar-refractivity contribution in [1.82, 2.24) is 5.32 Å². The molecule has 0 bridgehead atoms. The highest BCUT2D eigenvalue weighted by atomic mass is 35.5. The van der Waals surface area contributed by atoms with E-state index in [1.807, 2.05) is 0 Å². The molecule has 1 aliphatic carbocycles. The third-order valence-electron chi connectivity index (χ3n) is 3.74. The van der Waals surface area contributed by atoms with E-state index in [1.54, 1.807) is 23.9 Å². The van der Waals surface area contributed by atoms with Crippen LogP contribution in [0.25, 0.3) is 0 Å². The molecule has 0 spiro atoms. The molecule has 1 aromatic rings. The second-order valence-electron chi connectivity index (χ2n) is 5.03. The molecule has 19 heavy (non-hydrogen) atoms. The molecule has 102 valence electrons. The van der Waals surface area contributed by atoms with Gasteiger partial charge in [-0.2, -0.15) is 0 Å². The van der Waals surface area contributed by atoms with Crippen molar-refractivity contribution in [3.05, 3.63) is 34.6 Å². The summed E-state index contributed by atoms with van der Waals surface area (Å²) in [6, 6.07) is 5.72. The third-order valence-corrected chi connectivity index (χ3v) is 5.02. The van der Waals surface area contributed by atoms with Crippen LogP contribution in [0.5, 0.6) is 0 Å². The van der Waals surface area contributed by atoms with E-state index >= 15 is 0 Å². The Morgan fingerprint density at radius 2 is 2.21 bits per heavy atom. The molecule has 0 radical (unpaired) electrons. The maximum absolute atomic E-state index is 13.7. The fraction of sp³-hybridized carbons (Fsp3) is 0.500. The Morgan fingerprint density at radius 1 is 1.37 bits per heavy atom. The van der Waals surface area contributed by atoms with Gasteiger partial charge in [-0.3, -0.25) is 4.99 Å². The molecule has 5 heteroatoms. The highest BCUT2D eigenvalue weighted by Crippen LogP contribution is 2.29. The lowest BCUT2D eigenvalue weighted by atomic mass is 9.92. The molecule has 1 aromatic carbocycles. The molecule has 0 saturated heterocycles. The van der Waals surface area contributed by atoms with Gasteiger partial charge in [0.05, 0.1) is 12.1 Å². The monoisotopic (exact) mass is 298 g/mol. The van der Waals surface area contributed by atoms with Crippen LogP contribution in [0.2, 0.25) is 5.02 Å². The summed E-state index contributed by atoms with van der Waals surface area (Å²) in [6.45, 7) is 0. The van der Waals surface area contributed by atoms with Crippen LogP contribution >= 0.6 is 23.4 Å². The Labute approximate surface area is 121 Å². The largest absolute Gasteiger partial charge is 0.360 e. The lowest BCUT2D eigenvalue weighted by Gasteiger charge is -2.23. The summed E-state index contributed by atoms with van der Waals surface area (Å²) in [6.07, 6.45) is 4.91. The number of nitrogens with zero attached hydrogens (tertiary/aromatic N) is 1. The molecular formula is C14H16ClFN2S. The van der Waals surface area contributed by atoms with Gasteiger partial charge in [0.15, 0.2) is 5.17 Å². The first kappa shape index (κ1) is 13.3. The van der Waals surface area contributed by atoms with Gasteiger partial charge in [-0.25, -0.2) is 4.39 Å². The first-order valence-electron chi connectivity index (χ1n) is 6.64. The Balaban J connectivity index is 1.64. The van der Waals surface area contributed by atoms with E-state index in [9.17, 15) is 4.39 Å². The average Bonchev–Trinajstić information content (AvgIpc) is 2.81. The second-order valence-corrected chi connectivity index (χ2v) is 6.40. The number of benzene rings is 1. The van der Waals surface area contributed by atoms with Gasteiger partial charge in [0.2, 0.25) is 0 Å². The summed E-state index contributed by atoms with van der Waals surface area (Å²) in [5.41, 5.74) is 0.563. The zero-order chi connectivity index (χ0) is 13.2. The zero-order valence-corrected chi connectivity index (χ0v) is 12.1. The lowest BCUT2D eigenvalue weighted by Crippen LogP contribution is -2.36. The van der Waals surface area contributed by atoms with Gasteiger partial charge in [-0.1, -0.05) is 42.3 Å². The van der Waals surface area contributed by atoms with Crippen molar-refractivity contribution in [3.63, 3.8) is 0 Å². The van der Waals surface area contributed by atoms with Crippen LogP contribution in [-0.2, 0) is 5.75 Å². The van der Waals surface area contributed by atoms with Crippen LogP contribution in [0.4, 0.5) is 4.39 Å². The van der Waals surface area contributed by atoms with Crippen LogP contribution in [0.3, 0.4) is 0 Å². The number of hydrogen-bond donors (Lipinski definition) is 1. The SMILES string of the molecule is Fc1cccc(Cl)c1CSC1=N[C@@H]2CCCC[C@H]2N1. The molecule has 2 nitrogen and oxygen atoms in total. The maximum atomic E-state index is 13.7. The molecule has 0 amide bonds. The number of amidine groups is 1. The van der Waals surface area contributed by atoms with Crippen molar-refractivity contribution in [3.8, 4) is 0 Å². The van der Waals surface area contributed by atoms with E-state index in [4.69, 9.17) is 11.6 Å². The molecule has 1 saturated carbocycles. The lowest BCUT2D eigenvalue weighted by molar-refractivity contribution is 0.385. The molecule has 1 aliphatic heterocycles. The normalized spacial score (nSPS) is 25.7. The number of thioether (sulfide) groups is 1. The maximum Gasteiger partial charge on any atom is 0.157 e. The second kappa shape index (κ2) is 5.71. The van der Waals surface area contributed by atoms with Gasteiger partial charge >= 0.3 is 0 Å². The summed E-state index contributed by atoms with van der Waals surface area (Å²) in [7, 11) is 0. The van der Waals surface area contributed by atoms with E-state index in [2.05, 4.69) is 10.3 Å². The molecule has 2 atom stereocenters. The minimum absolute atomic E-state index is 0.240. The summed E-state index contributed by atoms with van der Waals surface area (Å²) in [5, 5.41) is 4.88. The van der Waals surface area contributed by atoms with E-state index in [-0.39, 0.29) is 5.82 Å². The molecular weight excluding hydrogens is 283 g/mol. The average molecular weight is 299 g/mol. The minimum atomic E-state index is -0.240. The van der Waals surface area contributed by atoms with Crippen molar-refractivity contribution in [2.24, 2.45) is 4.99 Å². The Bertz CT molecular complexity index is 486. The highest BCUT2D eigenvalue weighted by molar-refractivity contribution is 8.13. The van der Waals surface area contributed by atoms with E-state index in [1.165, 1.54) is 31.7 Å². The summed E-state index contributed by atoms with van der Waals surface area (Å²) >= 11 is 7.57. The summed E-state index contributed by atoms with van der Waals surface area (Å²) in [4.78, 5) is 4.69. The van der Waals surface area contributed by atoms with Crippen LogP contribution in [0.15, 0.2) is 23.2 Å². The molecule has 2 aliphatic rings.